The summed E-state index contributed by atoms with van der Waals surface area (Å²) in [5.41, 5.74) is 1.29. The summed E-state index contributed by atoms with van der Waals surface area (Å²) in [6.07, 6.45) is -3.12. The number of alkyl halides is 3. The number of amides is 1. The molecule has 0 radical (unpaired) electrons. The van der Waals surface area contributed by atoms with E-state index in [2.05, 4.69) is 10.3 Å². The van der Waals surface area contributed by atoms with Crippen LogP contribution >= 0.6 is 0 Å². The maximum Gasteiger partial charge on any atom is 0.406 e. The molecule has 1 N–H and O–H groups in total. The van der Waals surface area contributed by atoms with Crippen molar-refractivity contribution in [1.29, 1.82) is 0 Å². The lowest BCUT2D eigenvalue weighted by Crippen LogP contribution is -2.39. The zero-order chi connectivity index (χ0) is 14.6. The van der Waals surface area contributed by atoms with Crippen molar-refractivity contribution in [2.75, 3.05) is 25.5 Å². The second-order valence-electron chi connectivity index (χ2n) is 4.06. The van der Waals surface area contributed by atoms with E-state index < -0.39 is 18.6 Å². The molecule has 1 aromatic rings. The fraction of sp³-hybridized carbons (Fsp3) is 0.500. The summed E-state index contributed by atoms with van der Waals surface area (Å²) >= 11 is 0. The molecule has 0 saturated carbocycles. The first kappa shape index (κ1) is 15.3. The average Bonchev–Trinajstić information content (AvgIpc) is 2.33. The van der Waals surface area contributed by atoms with Gasteiger partial charge in [-0.05, 0) is 19.9 Å². The van der Waals surface area contributed by atoms with Crippen LogP contribution in [0.1, 0.15) is 23.0 Å². The highest BCUT2D eigenvalue weighted by Gasteiger charge is 2.33. The Balaban J connectivity index is 3.04. The SMILES string of the molecule is CCN(CC(F)(F)F)C(=O)c1cnc(C)cc1NC. The van der Waals surface area contributed by atoms with Crippen LogP contribution in [0.4, 0.5) is 18.9 Å². The Morgan fingerprint density at radius 2 is 2.11 bits per heavy atom. The van der Waals surface area contributed by atoms with Crippen LogP contribution in [-0.2, 0) is 0 Å². The van der Waals surface area contributed by atoms with Gasteiger partial charge in [0.05, 0.1) is 11.3 Å². The van der Waals surface area contributed by atoms with E-state index in [4.69, 9.17) is 0 Å². The maximum absolute atomic E-state index is 12.4. The number of pyridine rings is 1. The number of nitrogens with one attached hydrogen (secondary N) is 1. The lowest BCUT2D eigenvalue weighted by Gasteiger charge is -2.23. The van der Waals surface area contributed by atoms with Crippen molar-refractivity contribution < 1.29 is 18.0 Å². The molecule has 0 aliphatic rings. The minimum absolute atomic E-state index is 0.0185. The Bertz CT molecular complexity index is 460. The van der Waals surface area contributed by atoms with Gasteiger partial charge in [-0.25, -0.2) is 0 Å². The number of nitrogens with zero attached hydrogens (tertiary/aromatic N) is 2. The van der Waals surface area contributed by atoms with Crippen molar-refractivity contribution in [3.05, 3.63) is 23.5 Å². The van der Waals surface area contributed by atoms with Gasteiger partial charge in [0, 0.05) is 25.5 Å². The largest absolute Gasteiger partial charge is 0.406 e. The smallest absolute Gasteiger partial charge is 0.387 e. The molecule has 7 heteroatoms. The lowest BCUT2D eigenvalue weighted by atomic mass is 10.2. The Hall–Kier alpha value is -1.79. The maximum atomic E-state index is 12.4. The summed E-state index contributed by atoms with van der Waals surface area (Å²) in [6, 6.07) is 1.62. The number of hydrogen-bond acceptors (Lipinski definition) is 3. The van der Waals surface area contributed by atoms with Gasteiger partial charge in [-0.1, -0.05) is 0 Å². The number of carbonyl (C=O) groups is 1. The molecule has 4 nitrogen and oxygen atoms in total. The van der Waals surface area contributed by atoms with E-state index in [0.29, 0.717) is 11.4 Å². The standard InChI is InChI=1S/C12H16F3N3O/c1-4-18(7-12(13,14)15)11(19)9-6-17-8(2)5-10(9)16-3/h5-6H,4,7H2,1-3H3,(H,16,17). The summed E-state index contributed by atoms with van der Waals surface area (Å²) in [7, 11) is 1.60. The van der Waals surface area contributed by atoms with E-state index in [1.54, 1.807) is 20.0 Å². The summed E-state index contributed by atoms with van der Waals surface area (Å²) in [5.74, 6) is -0.684. The monoisotopic (exact) mass is 275 g/mol. The Kier molecular flexibility index (Phi) is 4.74. The van der Waals surface area contributed by atoms with E-state index in [1.165, 1.54) is 13.1 Å². The van der Waals surface area contributed by atoms with E-state index in [0.717, 1.165) is 4.90 Å². The quantitative estimate of drug-likeness (QED) is 0.918. The molecular weight excluding hydrogens is 259 g/mol. The minimum Gasteiger partial charge on any atom is -0.387 e. The summed E-state index contributed by atoms with van der Waals surface area (Å²) in [4.78, 5) is 16.8. The second-order valence-corrected chi connectivity index (χ2v) is 4.06. The molecule has 19 heavy (non-hydrogen) atoms. The van der Waals surface area contributed by atoms with Gasteiger partial charge in [0.25, 0.3) is 5.91 Å². The number of hydrogen-bond donors (Lipinski definition) is 1. The molecule has 1 amide bonds. The first-order valence-corrected chi connectivity index (χ1v) is 5.79. The van der Waals surface area contributed by atoms with Crippen LogP contribution in [0.2, 0.25) is 0 Å². The Morgan fingerprint density at radius 3 is 2.58 bits per heavy atom. The fourth-order valence-electron chi connectivity index (χ4n) is 1.65. The van der Waals surface area contributed by atoms with Gasteiger partial charge in [-0.2, -0.15) is 13.2 Å². The van der Waals surface area contributed by atoms with Gasteiger partial charge in [-0.15, -0.1) is 0 Å². The zero-order valence-corrected chi connectivity index (χ0v) is 11.0. The first-order chi connectivity index (χ1) is 8.78. The topological polar surface area (TPSA) is 45.2 Å². The van der Waals surface area contributed by atoms with Crippen molar-refractivity contribution in [2.24, 2.45) is 0 Å². The lowest BCUT2D eigenvalue weighted by molar-refractivity contribution is -0.140. The number of rotatable bonds is 4. The molecule has 0 bridgehead atoms. The van der Waals surface area contributed by atoms with Crippen molar-refractivity contribution in [3.63, 3.8) is 0 Å². The molecule has 0 saturated heterocycles. The molecule has 0 aliphatic heterocycles. The van der Waals surface area contributed by atoms with Gasteiger partial charge in [0.1, 0.15) is 6.54 Å². The van der Waals surface area contributed by atoms with Gasteiger partial charge in [0.2, 0.25) is 0 Å². The zero-order valence-electron chi connectivity index (χ0n) is 11.0. The van der Waals surface area contributed by atoms with Gasteiger partial charge >= 0.3 is 6.18 Å². The van der Waals surface area contributed by atoms with Crippen LogP contribution in [0.3, 0.4) is 0 Å². The Morgan fingerprint density at radius 1 is 1.47 bits per heavy atom. The molecule has 0 aliphatic carbocycles. The third-order valence-corrected chi connectivity index (χ3v) is 2.58. The second kappa shape index (κ2) is 5.90. The number of carbonyl (C=O) groups excluding carboxylic acids is 1. The van der Waals surface area contributed by atoms with E-state index >= 15 is 0 Å². The minimum atomic E-state index is -4.41. The van der Waals surface area contributed by atoms with Crippen LogP contribution in [0.25, 0.3) is 0 Å². The van der Waals surface area contributed by atoms with Gasteiger partial charge in [0.15, 0.2) is 0 Å². The molecular formula is C12H16F3N3O. The molecule has 106 valence electrons. The average molecular weight is 275 g/mol. The normalized spacial score (nSPS) is 11.3. The summed E-state index contributed by atoms with van der Waals surface area (Å²) < 4.78 is 37.2. The predicted octanol–water partition coefficient (Wildman–Crippen LogP) is 2.46. The van der Waals surface area contributed by atoms with Crippen molar-refractivity contribution in [3.8, 4) is 0 Å². The first-order valence-electron chi connectivity index (χ1n) is 5.79. The van der Waals surface area contributed by atoms with Crippen molar-refractivity contribution >= 4 is 11.6 Å². The molecule has 1 aromatic heterocycles. The summed E-state index contributed by atoms with van der Waals surface area (Å²) in [6.45, 7) is 1.96. The van der Waals surface area contributed by atoms with Crippen LogP contribution in [0, 0.1) is 6.92 Å². The number of aryl methyl sites for hydroxylation is 1. The Labute approximate surface area is 109 Å². The highest BCUT2D eigenvalue weighted by atomic mass is 19.4. The third-order valence-electron chi connectivity index (χ3n) is 2.58. The number of halogens is 3. The molecule has 0 aromatic carbocycles. The molecule has 0 unspecified atom stereocenters. The number of aromatic nitrogens is 1. The van der Waals surface area contributed by atoms with Crippen LogP contribution in [0.15, 0.2) is 12.3 Å². The molecule has 0 atom stereocenters. The molecule has 1 heterocycles. The molecule has 0 spiro atoms. The molecule has 1 rings (SSSR count). The highest BCUT2D eigenvalue weighted by molar-refractivity contribution is 5.99. The fourth-order valence-corrected chi connectivity index (χ4v) is 1.65. The van der Waals surface area contributed by atoms with Crippen molar-refractivity contribution in [1.82, 2.24) is 9.88 Å². The predicted molar refractivity (Wildman–Crippen MR) is 66.2 cm³/mol. The third kappa shape index (κ3) is 4.11. The van der Waals surface area contributed by atoms with E-state index in [-0.39, 0.29) is 12.1 Å². The van der Waals surface area contributed by atoms with E-state index in [1.807, 2.05) is 0 Å². The van der Waals surface area contributed by atoms with Crippen LogP contribution in [0.5, 0.6) is 0 Å². The van der Waals surface area contributed by atoms with Gasteiger partial charge < -0.3 is 10.2 Å². The van der Waals surface area contributed by atoms with E-state index in [9.17, 15) is 18.0 Å². The molecule has 0 fully saturated rings. The van der Waals surface area contributed by atoms with Crippen LogP contribution < -0.4 is 5.32 Å². The highest BCUT2D eigenvalue weighted by Crippen LogP contribution is 2.21. The van der Waals surface area contributed by atoms with Gasteiger partial charge in [-0.3, -0.25) is 9.78 Å². The summed E-state index contributed by atoms with van der Waals surface area (Å²) in [5, 5.41) is 2.79. The number of anilines is 1. The van der Waals surface area contributed by atoms with Crippen molar-refractivity contribution in [2.45, 2.75) is 20.0 Å². The van der Waals surface area contributed by atoms with Crippen LogP contribution in [-0.4, -0.2) is 42.1 Å².